The zero-order chi connectivity index (χ0) is 27.0. The standard InChI is InChI=1S/C31H43NO4S/c1-6-37-21-25(18-23-13-8-7-9-14-23)32(30(35)36-31(3,4)5)20-24-16-17-27(29(33)34)28(19-24)26-15-11-10-12-22(26)2/h10-12,15-17,19,23,25H,6-9,13-14,18,20-21H2,1-5H3,(H,33,34). The summed E-state index contributed by atoms with van der Waals surface area (Å²) in [5, 5.41) is 9.89. The third kappa shape index (κ3) is 8.53. The number of aryl methyl sites for hydroxylation is 1. The van der Waals surface area contributed by atoms with Gasteiger partial charge in [0.15, 0.2) is 0 Å². The number of carbonyl (C=O) groups excluding carboxylic acids is 1. The highest BCUT2D eigenvalue weighted by Gasteiger charge is 2.31. The highest BCUT2D eigenvalue weighted by atomic mass is 32.2. The summed E-state index contributed by atoms with van der Waals surface area (Å²) in [5.74, 6) is 1.53. The predicted octanol–water partition coefficient (Wildman–Crippen LogP) is 8.19. The molecule has 0 aliphatic heterocycles. The van der Waals surface area contributed by atoms with Gasteiger partial charge < -0.3 is 14.7 Å². The van der Waals surface area contributed by atoms with Crippen LogP contribution in [0.15, 0.2) is 42.5 Å². The van der Waals surface area contributed by atoms with Gasteiger partial charge in [-0.2, -0.15) is 11.8 Å². The molecule has 1 fully saturated rings. The van der Waals surface area contributed by atoms with E-state index in [2.05, 4.69) is 6.92 Å². The van der Waals surface area contributed by atoms with Crippen LogP contribution in [0.4, 0.5) is 4.79 Å². The Balaban J connectivity index is 1.99. The van der Waals surface area contributed by atoms with Crippen molar-refractivity contribution < 1.29 is 19.4 Å². The predicted molar refractivity (Wildman–Crippen MR) is 153 cm³/mol. The first-order valence-electron chi connectivity index (χ1n) is 13.6. The number of carboxylic acids is 1. The molecule has 1 atom stereocenters. The van der Waals surface area contributed by atoms with Crippen LogP contribution in [-0.2, 0) is 11.3 Å². The number of hydrogen-bond donors (Lipinski definition) is 1. The molecule has 0 bridgehead atoms. The van der Waals surface area contributed by atoms with Gasteiger partial charge in [-0.25, -0.2) is 9.59 Å². The third-order valence-corrected chi connectivity index (χ3v) is 8.04. The molecule has 2 aromatic carbocycles. The number of rotatable bonds is 10. The maximum Gasteiger partial charge on any atom is 0.410 e. The third-order valence-electron chi connectivity index (χ3n) is 7.02. The van der Waals surface area contributed by atoms with Crippen LogP contribution in [0.25, 0.3) is 11.1 Å². The van der Waals surface area contributed by atoms with Crippen LogP contribution in [0.5, 0.6) is 0 Å². The van der Waals surface area contributed by atoms with Crippen LogP contribution in [0.1, 0.15) is 87.7 Å². The van der Waals surface area contributed by atoms with E-state index in [1.165, 1.54) is 32.1 Å². The number of hydrogen-bond acceptors (Lipinski definition) is 4. The fourth-order valence-corrected chi connectivity index (χ4v) is 6.00. The van der Waals surface area contributed by atoms with E-state index in [4.69, 9.17) is 4.74 Å². The Bertz CT molecular complexity index is 1060. The molecule has 1 aliphatic carbocycles. The van der Waals surface area contributed by atoms with Crippen molar-refractivity contribution in [2.75, 3.05) is 11.5 Å². The summed E-state index contributed by atoms with van der Waals surface area (Å²) in [7, 11) is 0. The van der Waals surface area contributed by atoms with Crippen LogP contribution in [0.3, 0.4) is 0 Å². The number of aromatic carboxylic acids is 1. The van der Waals surface area contributed by atoms with Gasteiger partial charge in [0, 0.05) is 18.3 Å². The Morgan fingerprint density at radius 3 is 2.41 bits per heavy atom. The zero-order valence-corrected chi connectivity index (χ0v) is 23.9. The summed E-state index contributed by atoms with van der Waals surface area (Å²) in [6.45, 7) is 10.2. The summed E-state index contributed by atoms with van der Waals surface area (Å²) < 4.78 is 5.90. The summed E-state index contributed by atoms with van der Waals surface area (Å²) in [5.41, 5.74) is 3.17. The molecule has 0 heterocycles. The number of ether oxygens (including phenoxy) is 1. The van der Waals surface area contributed by atoms with Crippen molar-refractivity contribution in [2.24, 2.45) is 5.92 Å². The van der Waals surface area contributed by atoms with Crippen molar-refractivity contribution in [3.63, 3.8) is 0 Å². The fraction of sp³-hybridized carbons (Fsp3) is 0.548. The van der Waals surface area contributed by atoms with E-state index >= 15 is 0 Å². The van der Waals surface area contributed by atoms with Crippen LogP contribution >= 0.6 is 11.8 Å². The number of thioether (sulfide) groups is 1. The topological polar surface area (TPSA) is 66.8 Å². The normalized spacial score (nSPS) is 15.3. The molecule has 0 radical (unpaired) electrons. The maximum atomic E-state index is 13.6. The first kappa shape index (κ1) is 29.1. The number of carbonyl (C=O) groups is 2. The lowest BCUT2D eigenvalue weighted by molar-refractivity contribution is 0.0132. The van der Waals surface area contributed by atoms with Gasteiger partial charge >= 0.3 is 12.1 Å². The maximum absolute atomic E-state index is 13.6. The minimum absolute atomic E-state index is 0.0592. The van der Waals surface area contributed by atoms with E-state index in [-0.39, 0.29) is 17.7 Å². The summed E-state index contributed by atoms with van der Waals surface area (Å²) in [6.07, 6.45) is 6.95. The van der Waals surface area contributed by atoms with E-state index in [1.807, 2.05) is 80.8 Å². The molecule has 1 aliphatic rings. The Hall–Kier alpha value is -2.47. The smallest absolute Gasteiger partial charge is 0.410 e. The van der Waals surface area contributed by atoms with Gasteiger partial charge in [-0.1, -0.05) is 69.4 Å². The van der Waals surface area contributed by atoms with Gasteiger partial charge in [-0.05, 0) is 80.2 Å². The molecule has 0 spiro atoms. The van der Waals surface area contributed by atoms with Gasteiger partial charge in [0.05, 0.1) is 5.56 Å². The summed E-state index contributed by atoms with van der Waals surface area (Å²) >= 11 is 1.86. The molecule has 1 saturated carbocycles. The van der Waals surface area contributed by atoms with E-state index in [0.29, 0.717) is 18.0 Å². The Morgan fingerprint density at radius 1 is 1.08 bits per heavy atom. The average molecular weight is 526 g/mol. The molecule has 0 saturated heterocycles. The lowest BCUT2D eigenvalue weighted by Gasteiger charge is -2.36. The van der Waals surface area contributed by atoms with Crippen LogP contribution in [0, 0.1) is 12.8 Å². The second-order valence-corrected chi connectivity index (χ2v) is 12.5. The molecular weight excluding hydrogens is 482 g/mol. The highest BCUT2D eigenvalue weighted by molar-refractivity contribution is 7.99. The highest BCUT2D eigenvalue weighted by Crippen LogP contribution is 2.32. The number of nitrogens with zero attached hydrogens (tertiary/aromatic N) is 1. The molecule has 1 amide bonds. The van der Waals surface area contributed by atoms with Gasteiger partial charge in [0.2, 0.25) is 0 Å². The van der Waals surface area contributed by atoms with Gasteiger partial charge in [-0.15, -0.1) is 0 Å². The Morgan fingerprint density at radius 2 is 1.78 bits per heavy atom. The molecule has 6 heteroatoms. The number of benzene rings is 2. The molecule has 37 heavy (non-hydrogen) atoms. The zero-order valence-electron chi connectivity index (χ0n) is 23.1. The van der Waals surface area contributed by atoms with Crippen LogP contribution in [-0.4, -0.2) is 45.2 Å². The second kappa shape index (κ2) is 13.4. The largest absolute Gasteiger partial charge is 0.478 e. The Kier molecular flexibility index (Phi) is 10.5. The van der Waals surface area contributed by atoms with Gasteiger partial charge in [0.1, 0.15) is 5.60 Å². The SMILES string of the molecule is CCSCC(CC1CCCCC1)N(Cc1ccc(C(=O)O)c(-c2ccccc2C)c1)C(=O)OC(C)(C)C. The van der Waals surface area contributed by atoms with Gasteiger partial charge in [-0.3, -0.25) is 0 Å². The molecule has 5 nitrogen and oxygen atoms in total. The molecule has 202 valence electrons. The molecule has 0 aromatic heterocycles. The molecular formula is C31H43NO4S. The molecule has 1 unspecified atom stereocenters. The van der Waals surface area contributed by atoms with E-state index in [9.17, 15) is 14.7 Å². The molecule has 3 rings (SSSR count). The van der Waals surface area contributed by atoms with Crippen molar-refractivity contribution in [1.29, 1.82) is 0 Å². The average Bonchev–Trinajstić information content (AvgIpc) is 2.85. The van der Waals surface area contributed by atoms with E-state index in [1.54, 1.807) is 6.07 Å². The molecule has 2 aromatic rings. The first-order valence-corrected chi connectivity index (χ1v) is 14.7. The second-order valence-electron chi connectivity index (χ2n) is 11.2. The first-order chi connectivity index (χ1) is 17.6. The lowest BCUT2D eigenvalue weighted by atomic mass is 9.84. The van der Waals surface area contributed by atoms with Crippen molar-refractivity contribution in [1.82, 2.24) is 4.90 Å². The van der Waals surface area contributed by atoms with Crippen LogP contribution < -0.4 is 0 Å². The fourth-order valence-electron chi connectivity index (χ4n) is 5.18. The van der Waals surface area contributed by atoms with Crippen molar-refractivity contribution in [3.05, 3.63) is 59.2 Å². The summed E-state index contributed by atoms with van der Waals surface area (Å²) in [4.78, 5) is 27.6. The number of amides is 1. The quantitative estimate of drug-likeness (QED) is 0.339. The molecule has 1 N–H and O–H groups in total. The van der Waals surface area contributed by atoms with Crippen molar-refractivity contribution >= 4 is 23.8 Å². The van der Waals surface area contributed by atoms with Crippen molar-refractivity contribution in [3.8, 4) is 11.1 Å². The minimum atomic E-state index is -0.955. The Labute approximate surface area is 227 Å². The van der Waals surface area contributed by atoms with Crippen LogP contribution in [0.2, 0.25) is 0 Å². The number of carboxylic acid groups (broad SMARTS) is 1. The lowest BCUT2D eigenvalue weighted by Crippen LogP contribution is -2.45. The summed E-state index contributed by atoms with van der Waals surface area (Å²) in [6, 6.07) is 13.3. The minimum Gasteiger partial charge on any atom is -0.478 e. The van der Waals surface area contributed by atoms with E-state index < -0.39 is 11.6 Å². The monoisotopic (exact) mass is 525 g/mol. The van der Waals surface area contributed by atoms with E-state index in [0.717, 1.165) is 34.6 Å². The van der Waals surface area contributed by atoms with Gasteiger partial charge in [0.25, 0.3) is 0 Å². The van der Waals surface area contributed by atoms with Crippen molar-refractivity contribution in [2.45, 2.75) is 91.3 Å².